The number of halogens is 1. The van der Waals surface area contributed by atoms with Crippen LogP contribution in [0.4, 0.5) is 11.4 Å². The molecule has 1 atom stereocenters. The number of hydrogen-bond donors (Lipinski definition) is 1. The minimum atomic E-state index is -0.379. The van der Waals surface area contributed by atoms with Crippen molar-refractivity contribution in [3.63, 3.8) is 0 Å². The number of hydrogen-bond acceptors (Lipinski definition) is 4. The molecule has 152 valence electrons. The van der Waals surface area contributed by atoms with E-state index >= 15 is 0 Å². The molecule has 0 bridgehead atoms. The fraction of sp³-hybridized carbons (Fsp3) is 0.364. The molecule has 1 fully saturated rings. The third kappa shape index (κ3) is 4.45. The molecule has 6 nitrogen and oxygen atoms in total. The van der Waals surface area contributed by atoms with E-state index in [4.69, 9.17) is 11.6 Å². The Morgan fingerprint density at radius 1 is 1.07 bits per heavy atom. The first kappa shape index (κ1) is 19.9. The first-order valence-electron chi connectivity index (χ1n) is 9.88. The zero-order valence-electron chi connectivity index (χ0n) is 16.5. The van der Waals surface area contributed by atoms with Gasteiger partial charge in [0.05, 0.1) is 30.4 Å². The second-order valence-electron chi connectivity index (χ2n) is 7.68. The van der Waals surface area contributed by atoms with E-state index in [1.165, 1.54) is 0 Å². The van der Waals surface area contributed by atoms with Gasteiger partial charge >= 0.3 is 0 Å². The number of fused-ring (bicyclic) bond motifs is 1. The van der Waals surface area contributed by atoms with Gasteiger partial charge in [0.15, 0.2) is 0 Å². The molecule has 1 unspecified atom stereocenters. The Bertz CT molecular complexity index is 894. The number of piperazine rings is 1. The number of rotatable bonds is 3. The number of carbonyl (C=O) groups excluding carboxylic acids is 2. The Morgan fingerprint density at radius 2 is 1.76 bits per heavy atom. The molecule has 0 aromatic heterocycles. The summed E-state index contributed by atoms with van der Waals surface area (Å²) in [7, 11) is 2.10. The van der Waals surface area contributed by atoms with Crippen LogP contribution in [-0.2, 0) is 9.59 Å². The third-order valence-corrected chi connectivity index (χ3v) is 5.86. The van der Waals surface area contributed by atoms with Crippen molar-refractivity contribution in [2.24, 2.45) is 0 Å². The van der Waals surface area contributed by atoms with Gasteiger partial charge in [0, 0.05) is 31.2 Å². The average Bonchev–Trinajstić information content (AvgIpc) is 2.86. The van der Waals surface area contributed by atoms with Crippen LogP contribution in [-0.4, -0.2) is 61.4 Å². The molecule has 4 rings (SSSR count). The first-order chi connectivity index (χ1) is 14.0. The van der Waals surface area contributed by atoms with Crippen molar-refractivity contribution in [1.82, 2.24) is 9.80 Å². The largest absolute Gasteiger partial charge is 0.324 e. The summed E-state index contributed by atoms with van der Waals surface area (Å²) in [6.45, 7) is 3.95. The van der Waals surface area contributed by atoms with Crippen molar-refractivity contribution in [3.05, 3.63) is 59.1 Å². The summed E-state index contributed by atoms with van der Waals surface area (Å²) < 4.78 is 0. The fourth-order valence-corrected chi connectivity index (χ4v) is 4.08. The fourth-order valence-electron chi connectivity index (χ4n) is 3.96. The van der Waals surface area contributed by atoms with E-state index in [2.05, 4.69) is 22.2 Å². The van der Waals surface area contributed by atoms with Gasteiger partial charge in [0.1, 0.15) is 0 Å². The number of carbonyl (C=O) groups is 2. The number of likely N-dealkylation sites (N-methyl/N-ethyl adjacent to an activating group) is 1. The predicted molar refractivity (Wildman–Crippen MR) is 115 cm³/mol. The van der Waals surface area contributed by atoms with Gasteiger partial charge in [0.2, 0.25) is 11.8 Å². The molecule has 1 N–H and O–H groups in total. The van der Waals surface area contributed by atoms with E-state index in [-0.39, 0.29) is 24.3 Å². The van der Waals surface area contributed by atoms with Crippen molar-refractivity contribution in [1.29, 1.82) is 0 Å². The van der Waals surface area contributed by atoms with Gasteiger partial charge in [-0.1, -0.05) is 35.9 Å². The molecule has 2 heterocycles. The lowest BCUT2D eigenvalue weighted by Crippen LogP contribution is -2.49. The quantitative estimate of drug-likeness (QED) is 0.842. The summed E-state index contributed by atoms with van der Waals surface area (Å²) in [6, 6.07) is 14.5. The second-order valence-corrected chi connectivity index (χ2v) is 8.12. The SMILES string of the molecule is CN1CCN(CC(=O)N2c3ccccc3NC(=O)CC2c2ccc(Cl)cc2)CC1. The van der Waals surface area contributed by atoms with Gasteiger partial charge in [-0.25, -0.2) is 0 Å². The summed E-state index contributed by atoms with van der Waals surface area (Å²) >= 11 is 6.06. The normalized spacial score (nSPS) is 20.7. The van der Waals surface area contributed by atoms with E-state index in [1.54, 1.807) is 17.0 Å². The molecular weight excluding hydrogens is 388 g/mol. The van der Waals surface area contributed by atoms with Crippen LogP contribution >= 0.6 is 11.6 Å². The third-order valence-electron chi connectivity index (χ3n) is 5.61. The summed E-state index contributed by atoms with van der Waals surface area (Å²) in [5.41, 5.74) is 2.30. The van der Waals surface area contributed by atoms with Gasteiger partial charge in [-0.15, -0.1) is 0 Å². The van der Waals surface area contributed by atoms with Crippen molar-refractivity contribution in [2.45, 2.75) is 12.5 Å². The zero-order chi connectivity index (χ0) is 20.4. The van der Waals surface area contributed by atoms with Crippen LogP contribution in [0.25, 0.3) is 0 Å². The molecule has 0 radical (unpaired) electrons. The van der Waals surface area contributed by atoms with E-state index in [0.717, 1.165) is 37.4 Å². The smallest absolute Gasteiger partial charge is 0.241 e. The van der Waals surface area contributed by atoms with Gasteiger partial charge < -0.3 is 15.1 Å². The highest BCUT2D eigenvalue weighted by Gasteiger charge is 2.34. The second kappa shape index (κ2) is 8.53. The Labute approximate surface area is 176 Å². The maximum Gasteiger partial charge on any atom is 0.241 e. The minimum absolute atomic E-state index is 0.00143. The van der Waals surface area contributed by atoms with Crippen LogP contribution in [0.2, 0.25) is 5.02 Å². The van der Waals surface area contributed by atoms with Crippen molar-refractivity contribution < 1.29 is 9.59 Å². The first-order valence-corrected chi connectivity index (χ1v) is 10.3. The van der Waals surface area contributed by atoms with Crippen molar-refractivity contribution in [2.75, 3.05) is 50.0 Å². The molecule has 2 aliphatic heterocycles. The van der Waals surface area contributed by atoms with Crippen LogP contribution in [0.3, 0.4) is 0 Å². The molecular formula is C22H25ClN4O2. The number of para-hydroxylation sites is 2. The van der Waals surface area contributed by atoms with Gasteiger partial charge in [0.25, 0.3) is 0 Å². The molecule has 0 saturated carbocycles. The highest BCUT2D eigenvalue weighted by Crippen LogP contribution is 2.38. The van der Waals surface area contributed by atoms with Gasteiger partial charge in [-0.3, -0.25) is 14.5 Å². The average molecular weight is 413 g/mol. The topological polar surface area (TPSA) is 55.9 Å². The minimum Gasteiger partial charge on any atom is -0.324 e. The number of nitrogens with one attached hydrogen (secondary N) is 1. The summed E-state index contributed by atoms with van der Waals surface area (Å²) in [5.74, 6) is -0.106. The monoisotopic (exact) mass is 412 g/mol. The lowest BCUT2D eigenvalue weighted by molar-refractivity contribution is -0.121. The highest BCUT2D eigenvalue weighted by molar-refractivity contribution is 6.30. The Kier molecular flexibility index (Phi) is 5.85. The Balaban J connectivity index is 1.69. The van der Waals surface area contributed by atoms with Crippen LogP contribution in [0, 0.1) is 0 Å². The number of amides is 2. The predicted octanol–water partition coefficient (Wildman–Crippen LogP) is 3.00. The van der Waals surface area contributed by atoms with Crippen molar-refractivity contribution >= 4 is 34.8 Å². The number of nitrogens with zero attached hydrogens (tertiary/aromatic N) is 3. The summed E-state index contributed by atoms with van der Waals surface area (Å²) in [5, 5.41) is 3.58. The maximum atomic E-state index is 13.5. The van der Waals surface area contributed by atoms with E-state index in [9.17, 15) is 9.59 Å². The lowest BCUT2D eigenvalue weighted by atomic mass is 10.0. The zero-order valence-corrected chi connectivity index (χ0v) is 17.2. The van der Waals surface area contributed by atoms with Crippen LogP contribution in [0.1, 0.15) is 18.0 Å². The molecule has 7 heteroatoms. The van der Waals surface area contributed by atoms with E-state index < -0.39 is 0 Å². The summed E-state index contributed by atoms with van der Waals surface area (Å²) in [6.07, 6.45) is 0.199. The molecule has 1 saturated heterocycles. The van der Waals surface area contributed by atoms with Gasteiger partial charge in [-0.05, 0) is 36.9 Å². The van der Waals surface area contributed by atoms with Crippen LogP contribution in [0.5, 0.6) is 0 Å². The molecule has 29 heavy (non-hydrogen) atoms. The van der Waals surface area contributed by atoms with E-state index in [0.29, 0.717) is 17.3 Å². The molecule has 2 amide bonds. The molecule has 2 aromatic carbocycles. The van der Waals surface area contributed by atoms with E-state index in [1.807, 2.05) is 36.4 Å². The number of benzene rings is 2. The van der Waals surface area contributed by atoms with Gasteiger partial charge in [-0.2, -0.15) is 0 Å². The summed E-state index contributed by atoms with van der Waals surface area (Å²) in [4.78, 5) is 32.4. The molecule has 2 aromatic rings. The molecule has 0 aliphatic carbocycles. The maximum absolute atomic E-state index is 13.5. The highest BCUT2D eigenvalue weighted by atomic mass is 35.5. The van der Waals surface area contributed by atoms with Crippen LogP contribution < -0.4 is 10.2 Å². The molecule has 0 spiro atoms. The standard InChI is InChI=1S/C22H25ClN4O2/c1-25-10-12-26(13-11-25)15-22(29)27-19-5-3-2-4-18(19)24-21(28)14-20(27)16-6-8-17(23)9-7-16/h2-9,20H,10-15H2,1H3,(H,24,28). The lowest BCUT2D eigenvalue weighted by Gasteiger charge is -2.35. The Morgan fingerprint density at radius 3 is 2.48 bits per heavy atom. The molecule has 2 aliphatic rings. The van der Waals surface area contributed by atoms with Crippen LogP contribution in [0.15, 0.2) is 48.5 Å². The Hall–Kier alpha value is -2.41. The van der Waals surface area contributed by atoms with Crippen molar-refractivity contribution in [3.8, 4) is 0 Å². The number of anilines is 2.